The van der Waals surface area contributed by atoms with Crippen LogP contribution >= 0.6 is 15.9 Å². The fourth-order valence-corrected chi connectivity index (χ4v) is 1.91. The van der Waals surface area contributed by atoms with Gasteiger partial charge < -0.3 is 4.90 Å². The first kappa shape index (κ1) is 10.0. The molecule has 0 aromatic rings. The maximum Gasteiger partial charge on any atom is 0.223 e. The highest BCUT2D eigenvalue weighted by atomic mass is 79.9. The number of halogens is 1. The van der Waals surface area contributed by atoms with Crippen molar-refractivity contribution in [2.75, 3.05) is 18.4 Å². The van der Waals surface area contributed by atoms with E-state index >= 15 is 0 Å². The lowest BCUT2D eigenvalue weighted by atomic mass is 10.0. The molecular weight excluding hydrogens is 218 g/mol. The number of carbonyl (C=O) groups is 1. The predicted octanol–water partition coefficient (Wildman–Crippen LogP) is 1.89. The van der Waals surface area contributed by atoms with Gasteiger partial charge in [-0.05, 0) is 11.8 Å². The van der Waals surface area contributed by atoms with Crippen LogP contribution in [0.25, 0.3) is 0 Å². The van der Waals surface area contributed by atoms with Crippen LogP contribution in [0.3, 0.4) is 0 Å². The van der Waals surface area contributed by atoms with Gasteiger partial charge in [0.25, 0.3) is 0 Å². The van der Waals surface area contributed by atoms with Gasteiger partial charge in [0.1, 0.15) is 0 Å². The number of carbonyl (C=O) groups excluding carboxylic acids is 1. The Labute approximate surface area is 82.4 Å². The molecule has 1 saturated heterocycles. The zero-order chi connectivity index (χ0) is 9.14. The van der Waals surface area contributed by atoms with Gasteiger partial charge in [0.05, 0.1) is 0 Å². The molecule has 1 fully saturated rings. The standard InChI is InChI=1S/C9H16BrNO/c1-7-5-11(6-8(7)2)9(12)3-4-10/h7-8H,3-6H2,1-2H3. The molecule has 0 aromatic carbocycles. The van der Waals surface area contributed by atoms with Crippen molar-refractivity contribution in [1.82, 2.24) is 4.90 Å². The van der Waals surface area contributed by atoms with E-state index in [0.717, 1.165) is 18.4 Å². The average Bonchev–Trinajstić information content (AvgIpc) is 2.33. The summed E-state index contributed by atoms with van der Waals surface area (Å²) in [5, 5.41) is 0.783. The first-order valence-corrected chi connectivity index (χ1v) is 5.61. The number of likely N-dealkylation sites (tertiary alicyclic amines) is 1. The van der Waals surface area contributed by atoms with Crippen LogP contribution < -0.4 is 0 Å². The third-order valence-electron chi connectivity index (χ3n) is 2.65. The lowest BCUT2D eigenvalue weighted by Crippen LogP contribution is -2.28. The zero-order valence-electron chi connectivity index (χ0n) is 7.72. The monoisotopic (exact) mass is 233 g/mol. The molecule has 1 amide bonds. The highest BCUT2D eigenvalue weighted by Gasteiger charge is 2.28. The fraction of sp³-hybridized carbons (Fsp3) is 0.889. The molecule has 0 aliphatic carbocycles. The normalized spacial score (nSPS) is 29.4. The van der Waals surface area contributed by atoms with Crippen LogP contribution in [0.15, 0.2) is 0 Å². The van der Waals surface area contributed by atoms with E-state index in [4.69, 9.17) is 0 Å². The lowest BCUT2D eigenvalue weighted by Gasteiger charge is -2.14. The zero-order valence-corrected chi connectivity index (χ0v) is 9.30. The molecule has 0 radical (unpaired) electrons. The van der Waals surface area contributed by atoms with E-state index in [1.54, 1.807) is 0 Å². The predicted molar refractivity (Wildman–Crippen MR) is 53.3 cm³/mol. The van der Waals surface area contributed by atoms with Crippen molar-refractivity contribution in [2.24, 2.45) is 11.8 Å². The van der Waals surface area contributed by atoms with Crippen LogP contribution in [-0.2, 0) is 4.79 Å². The van der Waals surface area contributed by atoms with Crippen LogP contribution in [-0.4, -0.2) is 29.2 Å². The van der Waals surface area contributed by atoms with E-state index in [1.807, 2.05) is 4.90 Å². The summed E-state index contributed by atoms with van der Waals surface area (Å²) in [5.41, 5.74) is 0. The first-order valence-electron chi connectivity index (χ1n) is 4.49. The van der Waals surface area contributed by atoms with Gasteiger partial charge in [-0.15, -0.1) is 0 Å². The van der Waals surface area contributed by atoms with Gasteiger partial charge in [-0.1, -0.05) is 29.8 Å². The summed E-state index contributed by atoms with van der Waals surface area (Å²) < 4.78 is 0. The molecule has 0 aromatic heterocycles. The minimum atomic E-state index is 0.295. The molecule has 12 heavy (non-hydrogen) atoms. The van der Waals surface area contributed by atoms with Gasteiger partial charge in [-0.2, -0.15) is 0 Å². The van der Waals surface area contributed by atoms with E-state index in [-0.39, 0.29) is 0 Å². The van der Waals surface area contributed by atoms with Gasteiger partial charge in [-0.25, -0.2) is 0 Å². The third-order valence-corrected chi connectivity index (χ3v) is 3.05. The topological polar surface area (TPSA) is 20.3 Å². The highest BCUT2D eigenvalue weighted by Crippen LogP contribution is 2.22. The number of hydrogen-bond donors (Lipinski definition) is 0. The molecule has 1 heterocycles. The Bertz CT molecular complexity index is 162. The maximum absolute atomic E-state index is 11.4. The van der Waals surface area contributed by atoms with Gasteiger partial charge in [0, 0.05) is 24.8 Å². The molecule has 1 aliphatic heterocycles. The number of hydrogen-bond acceptors (Lipinski definition) is 1. The van der Waals surface area contributed by atoms with Crippen molar-refractivity contribution in [3.63, 3.8) is 0 Å². The highest BCUT2D eigenvalue weighted by molar-refractivity contribution is 9.09. The Morgan fingerprint density at radius 1 is 1.42 bits per heavy atom. The molecule has 2 nitrogen and oxygen atoms in total. The Hall–Kier alpha value is -0.0500. The van der Waals surface area contributed by atoms with E-state index in [9.17, 15) is 4.79 Å². The summed E-state index contributed by atoms with van der Waals surface area (Å²) in [6, 6.07) is 0. The van der Waals surface area contributed by atoms with E-state index in [0.29, 0.717) is 24.2 Å². The van der Waals surface area contributed by atoms with Crippen molar-refractivity contribution in [2.45, 2.75) is 20.3 Å². The number of nitrogens with zero attached hydrogens (tertiary/aromatic N) is 1. The molecule has 70 valence electrons. The number of alkyl halides is 1. The minimum Gasteiger partial charge on any atom is -0.342 e. The molecule has 1 rings (SSSR count). The summed E-state index contributed by atoms with van der Waals surface area (Å²) in [6.07, 6.45) is 0.638. The largest absolute Gasteiger partial charge is 0.342 e. The van der Waals surface area contributed by atoms with Crippen LogP contribution in [0.1, 0.15) is 20.3 Å². The van der Waals surface area contributed by atoms with Crippen molar-refractivity contribution < 1.29 is 4.79 Å². The smallest absolute Gasteiger partial charge is 0.223 e. The second kappa shape index (κ2) is 4.26. The summed E-state index contributed by atoms with van der Waals surface area (Å²) in [6.45, 7) is 6.33. The second-order valence-electron chi connectivity index (χ2n) is 3.69. The fourth-order valence-electron chi connectivity index (χ4n) is 1.57. The number of rotatable bonds is 2. The molecule has 2 atom stereocenters. The van der Waals surface area contributed by atoms with Crippen LogP contribution in [0.4, 0.5) is 0 Å². The summed E-state index contributed by atoms with van der Waals surface area (Å²) in [5.74, 6) is 1.64. The van der Waals surface area contributed by atoms with E-state index in [2.05, 4.69) is 29.8 Å². The SMILES string of the molecule is CC1CN(C(=O)CCBr)CC1C. The molecule has 3 heteroatoms. The summed E-state index contributed by atoms with van der Waals surface area (Å²) in [7, 11) is 0. The lowest BCUT2D eigenvalue weighted by molar-refractivity contribution is -0.129. The Morgan fingerprint density at radius 2 is 1.92 bits per heavy atom. The van der Waals surface area contributed by atoms with E-state index in [1.165, 1.54) is 0 Å². The van der Waals surface area contributed by atoms with Gasteiger partial charge in [0.15, 0.2) is 0 Å². The summed E-state index contributed by atoms with van der Waals surface area (Å²) in [4.78, 5) is 13.4. The Kier molecular flexibility index (Phi) is 3.56. The number of amides is 1. The molecule has 0 bridgehead atoms. The Balaban J connectivity index is 2.40. The molecular formula is C9H16BrNO. The quantitative estimate of drug-likeness (QED) is 0.668. The minimum absolute atomic E-state index is 0.295. The summed E-state index contributed by atoms with van der Waals surface area (Å²) >= 11 is 3.28. The molecule has 0 saturated carbocycles. The molecule has 0 spiro atoms. The molecule has 1 aliphatic rings. The van der Waals surface area contributed by atoms with Gasteiger partial charge in [0.2, 0.25) is 5.91 Å². The molecule has 0 N–H and O–H groups in total. The van der Waals surface area contributed by atoms with Crippen molar-refractivity contribution in [3.05, 3.63) is 0 Å². The van der Waals surface area contributed by atoms with Crippen molar-refractivity contribution in [3.8, 4) is 0 Å². The van der Waals surface area contributed by atoms with E-state index < -0.39 is 0 Å². The Morgan fingerprint density at radius 3 is 2.33 bits per heavy atom. The van der Waals surface area contributed by atoms with Gasteiger partial charge in [-0.3, -0.25) is 4.79 Å². The van der Waals surface area contributed by atoms with Crippen LogP contribution in [0, 0.1) is 11.8 Å². The van der Waals surface area contributed by atoms with Crippen molar-refractivity contribution in [1.29, 1.82) is 0 Å². The second-order valence-corrected chi connectivity index (χ2v) is 4.49. The van der Waals surface area contributed by atoms with Crippen molar-refractivity contribution >= 4 is 21.8 Å². The van der Waals surface area contributed by atoms with Gasteiger partial charge >= 0.3 is 0 Å². The third kappa shape index (κ3) is 2.22. The van der Waals surface area contributed by atoms with Crippen LogP contribution in [0.5, 0.6) is 0 Å². The maximum atomic E-state index is 11.4. The average molecular weight is 234 g/mol. The van der Waals surface area contributed by atoms with Crippen LogP contribution in [0.2, 0.25) is 0 Å². The first-order chi connectivity index (χ1) is 5.65. The molecule has 2 unspecified atom stereocenters.